The zero-order valence-electron chi connectivity index (χ0n) is 16.4. The molecule has 140 valence electrons. The van der Waals surface area contributed by atoms with Crippen LogP contribution in [0.25, 0.3) is 32.9 Å². The predicted octanol–water partition coefficient (Wildman–Crippen LogP) is 5.44. The van der Waals surface area contributed by atoms with Crippen LogP contribution < -0.4 is 4.74 Å². The van der Waals surface area contributed by atoms with E-state index >= 15 is 0 Å². The quantitative estimate of drug-likeness (QED) is 0.450. The van der Waals surface area contributed by atoms with Gasteiger partial charge in [0.1, 0.15) is 5.75 Å². The van der Waals surface area contributed by atoms with Crippen LogP contribution >= 0.6 is 0 Å². The third-order valence-corrected chi connectivity index (χ3v) is 5.94. The lowest BCUT2D eigenvalue weighted by molar-refractivity contribution is 0.269. The fraction of sp³-hybridized carbons (Fsp3) is 0.240. The van der Waals surface area contributed by atoms with E-state index in [1.165, 1.54) is 27.3 Å². The number of hydrogen-bond acceptors (Lipinski definition) is 3. The van der Waals surface area contributed by atoms with Crippen molar-refractivity contribution in [3.63, 3.8) is 0 Å². The molecular formula is C25H24N2O. The number of likely N-dealkylation sites (N-methyl/N-ethyl adjacent to an activating group) is 1. The highest BCUT2D eigenvalue weighted by Crippen LogP contribution is 2.37. The Bertz CT molecular complexity index is 1180. The summed E-state index contributed by atoms with van der Waals surface area (Å²) < 4.78 is 5.47. The minimum atomic E-state index is 0.870. The molecular weight excluding hydrogens is 344 g/mol. The van der Waals surface area contributed by atoms with E-state index in [4.69, 9.17) is 9.72 Å². The Kier molecular flexibility index (Phi) is 4.25. The van der Waals surface area contributed by atoms with Crippen LogP contribution in [0.2, 0.25) is 0 Å². The van der Waals surface area contributed by atoms with Crippen LogP contribution in [-0.4, -0.2) is 30.1 Å². The molecule has 0 saturated carbocycles. The van der Waals surface area contributed by atoms with Crippen LogP contribution in [0.1, 0.15) is 18.1 Å². The van der Waals surface area contributed by atoms with E-state index in [0.29, 0.717) is 0 Å². The van der Waals surface area contributed by atoms with Crippen LogP contribution in [0.3, 0.4) is 0 Å². The molecule has 1 aliphatic heterocycles. The summed E-state index contributed by atoms with van der Waals surface area (Å²) in [4.78, 5) is 7.68. The highest BCUT2D eigenvalue weighted by atomic mass is 16.5. The van der Waals surface area contributed by atoms with Gasteiger partial charge in [0.05, 0.1) is 18.3 Å². The molecule has 2 heterocycles. The second-order valence-corrected chi connectivity index (χ2v) is 7.45. The van der Waals surface area contributed by atoms with Gasteiger partial charge in [-0.25, -0.2) is 4.98 Å². The van der Waals surface area contributed by atoms with Gasteiger partial charge in [0.2, 0.25) is 0 Å². The van der Waals surface area contributed by atoms with E-state index in [-0.39, 0.29) is 0 Å². The molecule has 1 aliphatic rings. The zero-order chi connectivity index (χ0) is 19.1. The van der Waals surface area contributed by atoms with Gasteiger partial charge < -0.3 is 4.74 Å². The summed E-state index contributed by atoms with van der Waals surface area (Å²) in [7, 11) is 1.72. The molecule has 3 aromatic carbocycles. The topological polar surface area (TPSA) is 25.4 Å². The third kappa shape index (κ3) is 2.74. The molecule has 5 rings (SSSR count). The van der Waals surface area contributed by atoms with Gasteiger partial charge in [0, 0.05) is 24.0 Å². The highest BCUT2D eigenvalue weighted by Gasteiger charge is 2.23. The first-order chi connectivity index (χ1) is 13.8. The van der Waals surface area contributed by atoms with E-state index in [1.54, 1.807) is 7.11 Å². The molecule has 0 bridgehead atoms. The second-order valence-electron chi connectivity index (χ2n) is 7.45. The van der Waals surface area contributed by atoms with E-state index < -0.39 is 0 Å². The molecule has 0 amide bonds. The lowest BCUT2D eigenvalue weighted by atomic mass is 9.89. The highest BCUT2D eigenvalue weighted by molar-refractivity contribution is 6.09. The minimum absolute atomic E-state index is 0.870. The maximum Gasteiger partial charge on any atom is 0.119 e. The largest absolute Gasteiger partial charge is 0.497 e. The van der Waals surface area contributed by atoms with Crippen LogP contribution in [0.4, 0.5) is 0 Å². The molecule has 0 N–H and O–H groups in total. The van der Waals surface area contributed by atoms with Crippen molar-refractivity contribution in [1.29, 1.82) is 0 Å². The molecule has 0 aliphatic carbocycles. The van der Waals surface area contributed by atoms with E-state index in [2.05, 4.69) is 60.4 Å². The number of methoxy groups -OCH3 is 1. The summed E-state index contributed by atoms with van der Waals surface area (Å²) in [6.07, 6.45) is 1.06. The molecule has 3 nitrogen and oxygen atoms in total. The van der Waals surface area contributed by atoms with Crippen molar-refractivity contribution in [3.8, 4) is 17.0 Å². The normalized spacial score (nSPS) is 14.4. The molecule has 4 aromatic rings. The minimum Gasteiger partial charge on any atom is -0.497 e. The van der Waals surface area contributed by atoms with Crippen LogP contribution in [0, 0.1) is 0 Å². The van der Waals surface area contributed by atoms with Gasteiger partial charge >= 0.3 is 0 Å². The Morgan fingerprint density at radius 2 is 1.89 bits per heavy atom. The number of hydrogen-bond donors (Lipinski definition) is 0. The Morgan fingerprint density at radius 3 is 2.75 bits per heavy atom. The maximum absolute atomic E-state index is 5.47. The van der Waals surface area contributed by atoms with Gasteiger partial charge in [-0.05, 0) is 53.1 Å². The number of rotatable bonds is 3. The van der Waals surface area contributed by atoms with Crippen molar-refractivity contribution in [2.24, 2.45) is 0 Å². The van der Waals surface area contributed by atoms with Gasteiger partial charge in [0.25, 0.3) is 0 Å². The first-order valence-electron chi connectivity index (χ1n) is 9.98. The van der Waals surface area contributed by atoms with Crippen LogP contribution in [0.5, 0.6) is 5.75 Å². The molecule has 3 heteroatoms. The molecule has 0 unspecified atom stereocenters. The molecule has 0 spiro atoms. The van der Waals surface area contributed by atoms with Gasteiger partial charge in [-0.3, -0.25) is 4.90 Å². The molecule has 0 fully saturated rings. The first-order valence-corrected chi connectivity index (χ1v) is 9.98. The number of fused-ring (bicyclic) bond motifs is 5. The summed E-state index contributed by atoms with van der Waals surface area (Å²) in [6.45, 7) is 5.35. The maximum atomic E-state index is 5.47. The SMILES string of the molecule is CCN1CCc2c(c(-c3cccc(OC)c3)nc3ccc4ccccc4c23)C1. The van der Waals surface area contributed by atoms with Crippen molar-refractivity contribution < 1.29 is 4.74 Å². The summed E-state index contributed by atoms with van der Waals surface area (Å²) >= 11 is 0. The van der Waals surface area contributed by atoms with Gasteiger partial charge in [-0.2, -0.15) is 0 Å². The van der Waals surface area contributed by atoms with Crippen molar-refractivity contribution in [3.05, 3.63) is 71.8 Å². The summed E-state index contributed by atoms with van der Waals surface area (Å²) in [5.74, 6) is 0.870. The number of pyridine rings is 1. The van der Waals surface area contributed by atoms with Crippen molar-refractivity contribution >= 4 is 21.7 Å². The smallest absolute Gasteiger partial charge is 0.119 e. The Labute approximate surface area is 165 Å². The Balaban J connectivity index is 1.84. The molecule has 0 saturated heterocycles. The molecule has 1 aromatic heterocycles. The van der Waals surface area contributed by atoms with Crippen molar-refractivity contribution in [2.45, 2.75) is 19.9 Å². The fourth-order valence-electron chi connectivity index (χ4n) is 4.45. The number of aromatic nitrogens is 1. The van der Waals surface area contributed by atoms with E-state index in [0.717, 1.165) is 48.6 Å². The Morgan fingerprint density at radius 1 is 1.00 bits per heavy atom. The monoisotopic (exact) mass is 368 g/mol. The van der Waals surface area contributed by atoms with Gasteiger partial charge in [-0.15, -0.1) is 0 Å². The number of ether oxygens (including phenoxy) is 1. The zero-order valence-corrected chi connectivity index (χ0v) is 16.4. The predicted molar refractivity (Wildman–Crippen MR) is 116 cm³/mol. The summed E-state index contributed by atoms with van der Waals surface area (Å²) in [5, 5.41) is 3.92. The molecule has 0 radical (unpaired) electrons. The summed E-state index contributed by atoms with van der Waals surface area (Å²) in [6, 6.07) is 21.3. The lowest BCUT2D eigenvalue weighted by Crippen LogP contribution is -2.31. The molecule has 0 atom stereocenters. The first kappa shape index (κ1) is 17.2. The lowest BCUT2D eigenvalue weighted by Gasteiger charge is -2.30. The number of benzene rings is 3. The van der Waals surface area contributed by atoms with Gasteiger partial charge in [0.15, 0.2) is 0 Å². The van der Waals surface area contributed by atoms with Crippen LogP contribution in [-0.2, 0) is 13.0 Å². The van der Waals surface area contributed by atoms with Crippen molar-refractivity contribution in [1.82, 2.24) is 9.88 Å². The Hall–Kier alpha value is -2.91. The van der Waals surface area contributed by atoms with E-state index in [1.807, 2.05) is 12.1 Å². The van der Waals surface area contributed by atoms with Crippen LogP contribution in [0.15, 0.2) is 60.7 Å². The molecule has 28 heavy (non-hydrogen) atoms. The number of nitrogens with zero attached hydrogens (tertiary/aromatic N) is 2. The standard InChI is InChI=1S/C25H24N2O/c1-3-27-14-13-21-22(16-27)25(18-8-6-9-19(15-18)28-2)26-23-12-11-17-7-4-5-10-20(17)24(21)23/h4-12,15H,3,13-14,16H2,1-2H3. The average molecular weight is 368 g/mol. The second kappa shape index (κ2) is 6.92. The average Bonchev–Trinajstić information content (AvgIpc) is 2.77. The fourth-order valence-corrected chi connectivity index (χ4v) is 4.45. The third-order valence-electron chi connectivity index (χ3n) is 5.94. The van der Waals surface area contributed by atoms with E-state index in [9.17, 15) is 0 Å². The van der Waals surface area contributed by atoms with Gasteiger partial charge in [-0.1, -0.05) is 49.4 Å². The van der Waals surface area contributed by atoms with Crippen molar-refractivity contribution in [2.75, 3.05) is 20.2 Å². The summed E-state index contributed by atoms with van der Waals surface area (Å²) in [5.41, 5.74) is 6.13.